The lowest BCUT2D eigenvalue weighted by Gasteiger charge is -2.18. The van der Waals surface area contributed by atoms with Gasteiger partial charge in [-0.25, -0.2) is 9.97 Å². The molecule has 8 heteroatoms. The standard InChI is InChI=1S/C38H28Cl2N4O2/c1-23-15-16-24(2)34(21-23)44-36(27-10-4-7-13-31(27)40)42-33-18-17-25(22-29(33)38(44)46)19-20-43-35(26-9-3-6-12-30(26)39)41-32-14-8-5-11-28(32)37(43)45/h3-18,21-22H,19-20H2,1-2H3. The van der Waals surface area contributed by atoms with E-state index in [0.29, 0.717) is 67.6 Å². The second kappa shape index (κ2) is 12.0. The number of para-hydroxylation sites is 1. The van der Waals surface area contributed by atoms with E-state index in [1.807, 2.05) is 105 Å². The highest BCUT2D eigenvalue weighted by Crippen LogP contribution is 2.30. The molecule has 0 radical (unpaired) electrons. The Morgan fingerprint density at radius 1 is 0.630 bits per heavy atom. The third-order valence-corrected chi connectivity index (χ3v) is 8.91. The Kier molecular flexibility index (Phi) is 7.77. The number of nitrogens with zero attached hydrogens (tertiary/aromatic N) is 4. The number of aryl methyl sites for hydroxylation is 3. The minimum atomic E-state index is -0.197. The average Bonchev–Trinajstić information content (AvgIpc) is 3.06. The molecular formula is C38H28Cl2N4O2. The number of aromatic nitrogens is 4. The zero-order chi connectivity index (χ0) is 31.9. The van der Waals surface area contributed by atoms with Gasteiger partial charge >= 0.3 is 0 Å². The number of hydrogen-bond acceptors (Lipinski definition) is 4. The van der Waals surface area contributed by atoms with E-state index in [1.54, 1.807) is 27.3 Å². The molecule has 0 fully saturated rings. The van der Waals surface area contributed by atoms with Crippen LogP contribution in [0.3, 0.4) is 0 Å². The Labute approximate surface area is 275 Å². The van der Waals surface area contributed by atoms with Gasteiger partial charge < -0.3 is 0 Å². The van der Waals surface area contributed by atoms with Crippen LogP contribution in [0.4, 0.5) is 0 Å². The predicted octanol–water partition coefficient (Wildman–Crippen LogP) is 8.60. The van der Waals surface area contributed by atoms with Gasteiger partial charge in [0, 0.05) is 17.7 Å². The fourth-order valence-corrected chi connectivity index (χ4v) is 6.30. The summed E-state index contributed by atoms with van der Waals surface area (Å²) in [7, 11) is 0. The third-order valence-electron chi connectivity index (χ3n) is 8.25. The summed E-state index contributed by atoms with van der Waals surface area (Å²) in [4.78, 5) is 38.0. The van der Waals surface area contributed by atoms with E-state index in [-0.39, 0.29) is 11.1 Å². The fourth-order valence-electron chi connectivity index (χ4n) is 5.86. The summed E-state index contributed by atoms with van der Waals surface area (Å²) in [6.07, 6.45) is 0.475. The molecule has 0 N–H and O–H groups in total. The summed E-state index contributed by atoms with van der Waals surface area (Å²) in [5.41, 5.74) is 5.77. The zero-order valence-corrected chi connectivity index (χ0v) is 26.7. The van der Waals surface area contributed by atoms with Gasteiger partial charge in [0.15, 0.2) is 0 Å². The molecule has 226 valence electrons. The Morgan fingerprint density at radius 2 is 1.26 bits per heavy atom. The average molecular weight is 644 g/mol. The van der Waals surface area contributed by atoms with Crippen molar-refractivity contribution < 1.29 is 0 Å². The van der Waals surface area contributed by atoms with Crippen LogP contribution in [-0.4, -0.2) is 19.1 Å². The molecule has 7 rings (SSSR count). The minimum absolute atomic E-state index is 0.148. The van der Waals surface area contributed by atoms with Crippen molar-refractivity contribution in [3.05, 3.63) is 157 Å². The minimum Gasteiger partial charge on any atom is -0.292 e. The lowest BCUT2D eigenvalue weighted by Crippen LogP contribution is -2.25. The molecule has 0 amide bonds. The van der Waals surface area contributed by atoms with Gasteiger partial charge in [0.05, 0.1) is 37.5 Å². The van der Waals surface area contributed by atoms with Gasteiger partial charge in [-0.05, 0) is 91.6 Å². The molecule has 7 aromatic rings. The molecule has 6 nitrogen and oxygen atoms in total. The maximum Gasteiger partial charge on any atom is 0.266 e. The molecule has 2 heterocycles. The van der Waals surface area contributed by atoms with Crippen LogP contribution in [0.2, 0.25) is 10.0 Å². The largest absolute Gasteiger partial charge is 0.292 e. The Morgan fingerprint density at radius 3 is 2.00 bits per heavy atom. The lowest BCUT2D eigenvalue weighted by atomic mass is 10.1. The smallest absolute Gasteiger partial charge is 0.266 e. The molecule has 5 aromatic carbocycles. The number of hydrogen-bond donors (Lipinski definition) is 0. The molecular weight excluding hydrogens is 615 g/mol. The van der Waals surface area contributed by atoms with Gasteiger partial charge in [0.25, 0.3) is 11.1 Å². The topological polar surface area (TPSA) is 69.8 Å². The molecule has 0 aliphatic heterocycles. The van der Waals surface area contributed by atoms with Crippen molar-refractivity contribution in [2.45, 2.75) is 26.8 Å². The van der Waals surface area contributed by atoms with Crippen molar-refractivity contribution in [3.63, 3.8) is 0 Å². The number of halogens is 2. The fraction of sp³-hybridized carbons (Fsp3) is 0.105. The summed E-state index contributed by atoms with van der Waals surface area (Å²) < 4.78 is 3.32. The van der Waals surface area contributed by atoms with Crippen molar-refractivity contribution >= 4 is 45.0 Å². The molecule has 2 aromatic heterocycles. The van der Waals surface area contributed by atoms with Crippen LogP contribution in [0.25, 0.3) is 50.3 Å². The van der Waals surface area contributed by atoms with E-state index >= 15 is 0 Å². The van der Waals surface area contributed by atoms with E-state index in [1.165, 1.54) is 0 Å². The van der Waals surface area contributed by atoms with Crippen molar-refractivity contribution in [1.82, 2.24) is 19.1 Å². The molecule has 0 saturated carbocycles. The van der Waals surface area contributed by atoms with Gasteiger partial charge in [-0.15, -0.1) is 0 Å². The quantitative estimate of drug-likeness (QED) is 0.182. The highest BCUT2D eigenvalue weighted by Gasteiger charge is 2.19. The van der Waals surface area contributed by atoms with Crippen LogP contribution < -0.4 is 11.1 Å². The molecule has 0 saturated heterocycles. The van der Waals surface area contributed by atoms with Gasteiger partial charge in [0.2, 0.25) is 0 Å². The second-order valence-corrected chi connectivity index (χ2v) is 12.2. The summed E-state index contributed by atoms with van der Waals surface area (Å²) in [5, 5.41) is 2.03. The van der Waals surface area contributed by atoms with E-state index in [9.17, 15) is 9.59 Å². The first kappa shape index (κ1) is 29.7. The second-order valence-electron chi connectivity index (χ2n) is 11.3. The Balaban J connectivity index is 1.37. The van der Waals surface area contributed by atoms with Gasteiger partial charge in [-0.2, -0.15) is 0 Å². The first-order valence-electron chi connectivity index (χ1n) is 14.9. The predicted molar refractivity (Wildman–Crippen MR) is 187 cm³/mol. The molecule has 0 atom stereocenters. The summed E-state index contributed by atoms with van der Waals surface area (Å²) in [6.45, 7) is 4.30. The molecule has 0 aliphatic carbocycles. The highest BCUT2D eigenvalue weighted by molar-refractivity contribution is 6.33. The third kappa shape index (κ3) is 5.30. The number of benzene rings is 5. The molecule has 0 spiro atoms. The molecule has 0 aliphatic rings. The van der Waals surface area contributed by atoms with Crippen LogP contribution in [0.15, 0.2) is 119 Å². The summed E-state index contributed by atoms with van der Waals surface area (Å²) in [5.74, 6) is 0.973. The summed E-state index contributed by atoms with van der Waals surface area (Å²) in [6, 6.07) is 33.8. The molecule has 0 unspecified atom stereocenters. The van der Waals surface area contributed by atoms with Gasteiger partial charge in [-0.3, -0.25) is 18.7 Å². The van der Waals surface area contributed by atoms with Gasteiger partial charge in [0.1, 0.15) is 11.6 Å². The highest BCUT2D eigenvalue weighted by atomic mass is 35.5. The van der Waals surface area contributed by atoms with E-state index in [2.05, 4.69) is 0 Å². The van der Waals surface area contributed by atoms with Gasteiger partial charge in [-0.1, -0.05) is 77.8 Å². The maximum atomic E-state index is 14.4. The van der Waals surface area contributed by atoms with Crippen LogP contribution in [0.1, 0.15) is 16.7 Å². The molecule has 46 heavy (non-hydrogen) atoms. The first-order chi connectivity index (χ1) is 22.3. The zero-order valence-electron chi connectivity index (χ0n) is 25.2. The van der Waals surface area contributed by atoms with Crippen molar-refractivity contribution in [2.75, 3.05) is 0 Å². The lowest BCUT2D eigenvalue weighted by molar-refractivity contribution is 0.671. The van der Waals surface area contributed by atoms with Crippen LogP contribution >= 0.6 is 23.2 Å². The van der Waals surface area contributed by atoms with Crippen LogP contribution in [0, 0.1) is 13.8 Å². The first-order valence-corrected chi connectivity index (χ1v) is 15.7. The number of rotatable bonds is 6. The normalized spacial score (nSPS) is 11.4. The van der Waals surface area contributed by atoms with Crippen LogP contribution in [-0.2, 0) is 13.0 Å². The SMILES string of the molecule is Cc1ccc(C)c(-n2c(-c3ccccc3Cl)nc3ccc(CCn4c(-c5ccccc5Cl)nc5ccccc5c4=O)cc3c2=O)c1. The Hall–Kier alpha value is -5.04. The van der Waals surface area contributed by atoms with E-state index in [0.717, 1.165) is 22.4 Å². The van der Waals surface area contributed by atoms with Crippen LogP contribution in [0.5, 0.6) is 0 Å². The maximum absolute atomic E-state index is 14.4. The number of fused-ring (bicyclic) bond motifs is 2. The summed E-state index contributed by atoms with van der Waals surface area (Å²) >= 11 is 13.2. The monoisotopic (exact) mass is 642 g/mol. The van der Waals surface area contributed by atoms with E-state index in [4.69, 9.17) is 33.2 Å². The van der Waals surface area contributed by atoms with Crippen molar-refractivity contribution in [2.24, 2.45) is 0 Å². The molecule has 0 bridgehead atoms. The van der Waals surface area contributed by atoms with E-state index < -0.39 is 0 Å². The Bertz CT molecular complexity index is 2430. The van der Waals surface area contributed by atoms with Crippen molar-refractivity contribution in [3.8, 4) is 28.5 Å². The van der Waals surface area contributed by atoms with Crippen molar-refractivity contribution in [1.29, 1.82) is 0 Å².